The number of carbonyl (C=O) groups is 2. The summed E-state index contributed by atoms with van der Waals surface area (Å²) in [6.07, 6.45) is 0. The minimum absolute atomic E-state index is 0. The Kier molecular flexibility index (Phi) is 14.7. The van der Waals surface area contributed by atoms with E-state index in [2.05, 4.69) is 0 Å². The van der Waals surface area contributed by atoms with Gasteiger partial charge in [0.05, 0.1) is 11.9 Å². The molecule has 0 fully saturated rings. The Balaban J connectivity index is -0.000000218. The van der Waals surface area contributed by atoms with E-state index in [-0.39, 0.29) is 49.6 Å². The molecule has 0 radical (unpaired) electrons. The first-order valence-corrected chi connectivity index (χ1v) is 5.04. The van der Waals surface area contributed by atoms with Gasteiger partial charge < -0.3 is 31.3 Å². The molecule has 0 amide bonds. The molecule has 0 aromatic rings. The molecular weight excluding hydrogens is 252 g/mol. The molecule has 0 aliphatic heterocycles. The Morgan fingerprint density at radius 1 is 0.824 bits per heavy atom. The van der Waals surface area contributed by atoms with Crippen LogP contribution < -0.4 is 21.7 Å². The van der Waals surface area contributed by atoms with Crippen molar-refractivity contribution in [2.24, 2.45) is 23.3 Å². The summed E-state index contributed by atoms with van der Waals surface area (Å²) in [4.78, 5) is 19.8. The summed E-state index contributed by atoms with van der Waals surface area (Å²) in [6, 6.07) is -1.65. The van der Waals surface area contributed by atoms with Gasteiger partial charge in [-0.15, -0.1) is 0 Å². The first kappa shape index (κ1) is 22.3. The van der Waals surface area contributed by atoms with Crippen molar-refractivity contribution in [2.75, 3.05) is 0 Å². The number of hydrogen-bond acceptors (Lipinski definition) is 6. The Bertz CT molecular complexity index is 210. The van der Waals surface area contributed by atoms with Crippen molar-refractivity contribution < 1.29 is 19.8 Å². The van der Waals surface area contributed by atoms with Crippen LogP contribution in [0.25, 0.3) is 0 Å². The fourth-order valence-corrected chi connectivity index (χ4v) is 0.544. The van der Waals surface area contributed by atoms with Crippen molar-refractivity contribution in [1.29, 1.82) is 0 Å². The van der Waals surface area contributed by atoms with Crippen molar-refractivity contribution in [2.45, 2.75) is 39.8 Å². The van der Waals surface area contributed by atoms with Crippen LogP contribution in [0.5, 0.6) is 0 Å². The maximum absolute atomic E-state index is 9.90. The van der Waals surface area contributed by atoms with Gasteiger partial charge in [0.2, 0.25) is 0 Å². The third kappa shape index (κ3) is 12.4. The topological polar surface area (TPSA) is 132 Å². The number of carboxylic acids is 2. The molecule has 2 unspecified atom stereocenters. The average molecular weight is 272 g/mol. The smallest absolute Gasteiger partial charge is 0.548 e. The molecule has 0 aliphatic rings. The molecule has 7 heteroatoms. The molecule has 0 aromatic carbocycles. The summed E-state index contributed by atoms with van der Waals surface area (Å²) in [5, 5.41) is 19.8. The summed E-state index contributed by atoms with van der Waals surface area (Å²) in [7, 11) is 0. The Labute approximate surface area is 132 Å². The van der Waals surface area contributed by atoms with E-state index in [1.54, 1.807) is 27.7 Å². The zero-order chi connectivity index (χ0) is 13.5. The molecule has 17 heavy (non-hydrogen) atoms. The van der Waals surface area contributed by atoms with Gasteiger partial charge in [-0.3, -0.25) is 0 Å². The normalized spacial score (nSPS) is 13.2. The third-order valence-electron chi connectivity index (χ3n) is 1.98. The van der Waals surface area contributed by atoms with Crippen molar-refractivity contribution >= 4 is 49.7 Å². The Morgan fingerprint density at radius 2 is 1.00 bits per heavy atom. The Hall–Kier alpha value is 0.120. The van der Waals surface area contributed by atoms with Gasteiger partial charge in [0.1, 0.15) is 0 Å². The molecule has 96 valence electrons. The number of aliphatic carboxylic acids is 2. The number of hydrogen-bond donors (Lipinski definition) is 2. The molecule has 0 saturated heterocycles. The fourth-order valence-electron chi connectivity index (χ4n) is 0.544. The van der Waals surface area contributed by atoms with Crippen molar-refractivity contribution in [3.05, 3.63) is 0 Å². The van der Waals surface area contributed by atoms with Crippen molar-refractivity contribution in [3.63, 3.8) is 0 Å². The zero-order valence-corrected chi connectivity index (χ0v) is 13.0. The summed E-state index contributed by atoms with van der Waals surface area (Å²) < 4.78 is 0. The van der Waals surface area contributed by atoms with Crippen LogP contribution in [-0.4, -0.2) is 61.8 Å². The first-order chi connectivity index (χ1) is 7.11. The van der Waals surface area contributed by atoms with Gasteiger partial charge in [0, 0.05) is 12.1 Å². The van der Waals surface area contributed by atoms with E-state index in [1.807, 2.05) is 0 Å². The van der Waals surface area contributed by atoms with Crippen LogP contribution in [0.4, 0.5) is 0 Å². The molecule has 0 saturated carbocycles. The number of rotatable bonds is 4. The second-order valence-electron chi connectivity index (χ2n) is 4.18. The van der Waals surface area contributed by atoms with Crippen LogP contribution in [0.1, 0.15) is 27.7 Å². The van der Waals surface area contributed by atoms with E-state index in [4.69, 9.17) is 11.5 Å². The largest absolute Gasteiger partial charge is 2.00 e. The van der Waals surface area contributed by atoms with Crippen molar-refractivity contribution in [3.8, 4) is 0 Å². The minimum atomic E-state index is -1.18. The molecular formula is C10H20CaN2O4. The zero-order valence-electron chi connectivity index (χ0n) is 10.8. The van der Waals surface area contributed by atoms with E-state index < -0.39 is 24.0 Å². The van der Waals surface area contributed by atoms with Gasteiger partial charge >= 0.3 is 37.7 Å². The van der Waals surface area contributed by atoms with Gasteiger partial charge in [0.25, 0.3) is 0 Å². The van der Waals surface area contributed by atoms with Gasteiger partial charge in [0.15, 0.2) is 0 Å². The standard InChI is InChI=1S/2C5H11NO2.Ca/c2*1-3(2)4(6)5(7)8;/h2*3-4H,6H2,1-2H3,(H,7,8);/q;;+2/p-2. The first-order valence-electron chi connectivity index (χ1n) is 5.04. The number of carbonyl (C=O) groups excluding carboxylic acids is 2. The van der Waals surface area contributed by atoms with Gasteiger partial charge in [-0.05, 0) is 11.8 Å². The molecule has 0 aromatic heterocycles. The van der Waals surface area contributed by atoms with Crippen LogP contribution in [0, 0.1) is 11.8 Å². The SMILES string of the molecule is CC(C)C(N)C(=O)[O-].CC(C)C(N)C(=O)[O-].[Ca+2]. The second kappa shape index (κ2) is 11.2. The van der Waals surface area contributed by atoms with E-state index >= 15 is 0 Å². The molecule has 6 nitrogen and oxygen atoms in total. The van der Waals surface area contributed by atoms with Crippen LogP contribution >= 0.6 is 0 Å². The number of nitrogens with two attached hydrogens (primary N) is 2. The average Bonchev–Trinajstić information content (AvgIpc) is 2.15. The fraction of sp³-hybridized carbons (Fsp3) is 0.800. The summed E-state index contributed by atoms with van der Waals surface area (Å²) in [5.74, 6) is -2.44. The predicted molar refractivity (Wildman–Crippen MR) is 61.4 cm³/mol. The molecule has 4 N–H and O–H groups in total. The molecule has 0 bridgehead atoms. The quantitative estimate of drug-likeness (QED) is 0.526. The van der Waals surface area contributed by atoms with Gasteiger partial charge in [-0.1, -0.05) is 27.7 Å². The van der Waals surface area contributed by atoms with Crippen LogP contribution in [0.15, 0.2) is 0 Å². The van der Waals surface area contributed by atoms with Crippen LogP contribution in [0.3, 0.4) is 0 Å². The Morgan fingerprint density at radius 3 is 1.00 bits per heavy atom. The summed E-state index contributed by atoms with van der Waals surface area (Å²) in [6.45, 7) is 6.95. The van der Waals surface area contributed by atoms with E-state index in [0.717, 1.165) is 0 Å². The molecule has 0 aliphatic carbocycles. The minimum Gasteiger partial charge on any atom is -0.548 e. The molecule has 0 rings (SSSR count). The summed E-state index contributed by atoms with van der Waals surface area (Å²) >= 11 is 0. The van der Waals surface area contributed by atoms with Crippen LogP contribution in [-0.2, 0) is 9.59 Å². The third-order valence-corrected chi connectivity index (χ3v) is 1.98. The van der Waals surface area contributed by atoms with E-state index in [0.29, 0.717) is 0 Å². The molecule has 0 spiro atoms. The molecule has 0 heterocycles. The van der Waals surface area contributed by atoms with Crippen LogP contribution in [0.2, 0.25) is 0 Å². The van der Waals surface area contributed by atoms with Gasteiger partial charge in [-0.25, -0.2) is 0 Å². The second-order valence-corrected chi connectivity index (χ2v) is 4.18. The van der Waals surface area contributed by atoms with Crippen molar-refractivity contribution in [1.82, 2.24) is 0 Å². The van der Waals surface area contributed by atoms with E-state index in [1.165, 1.54) is 0 Å². The van der Waals surface area contributed by atoms with Gasteiger partial charge in [-0.2, -0.15) is 0 Å². The van der Waals surface area contributed by atoms with E-state index in [9.17, 15) is 19.8 Å². The molecule has 2 atom stereocenters. The summed E-state index contributed by atoms with van der Waals surface area (Å²) in [5.41, 5.74) is 10.2. The predicted octanol–water partition coefficient (Wildman–Crippen LogP) is -2.94. The number of carboxylic acid groups (broad SMARTS) is 2. The maximum Gasteiger partial charge on any atom is 2.00 e. The maximum atomic E-state index is 9.90. The monoisotopic (exact) mass is 272 g/mol.